The summed E-state index contributed by atoms with van der Waals surface area (Å²) in [5, 5.41) is 12.1. The molecule has 0 radical (unpaired) electrons. The summed E-state index contributed by atoms with van der Waals surface area (Å²) in [5.74, 6) is -0.316. The quantitative estimate of drug-likeness (QED) is 0.811. The van der Waals surface area contributed by atoms with E-state index in [-0.39, 0.29) is 23.2 Å². The van der Waals surface area contributed by atoms with Gasteiger partial charge in [0.25, 0.3) is 0 Å². The van der Waals surface area contributed by atoms with Crippen molar-refractivity contribution in [3.05, 3.63) is 17.5 Å². The number of aliphatic carboxylic acids is 1. The fourth-order valence-electron chi connectivity index (χ4n) is 1.34. The van der Waals surface area contributed by atoms with Crippen LogP contribution in [0.4, 0.5) is 5.82 Å². The largest absolute Gasteiger partial charge is 0.481 e. The normalized spacial score (nSPS) is 13.2. The van der Waals surface area contributed by atoms with Crippen molar-refractivity contribution < 1.29 is 9.90 Å². The van der Waals surface area contributed by atoms with Gasteiger partial charge in [-0.15, -0.1) is 0 Å². The van der Waals surface area contributed by atoms with E-state index in [1.54, 1.807) is 6.07 Å². The first-order valence-electron chi connectivity index (χ1n) is 5.26. The van der Waals surface area contributed by atoms with Crippen LogP contribution in [0.3, 0.4) is 0 Å². The molecule has 0 aliphatic rings. The van der Waals surface area contributed by atoms with Crippen LogP contribution in [0, 0.1) is 5.41 Å². The Hall–Kier alpha value is -1.36. The summed E-state index contributed by atoms with van der Waals surface area (Å²) in [4.78, 5) is 18.6. The van der Waals surface area contributed by atoms with Crippen LogP contribution in [0.15, 0.2) is 12.3 Å². The van der Waals surface area contributed by atoms with Crippen LogP contribution in [0.2, 0.25) is 5.28 Å². The summed E-state index contributed by atoms with van der Waals surface area (Å²) in [6.07, 6.45) is 1.54. The Labute approximate surface area is 105 Å². The van der Waals surface area contributed by atoms with Gasteiger partial charge in [-0.1, -0.05) is 20.8 Å². The standard InChI is InChI=1S/C11H16ClN3O2/c1-11(2,3)7(6-9(16)17)14-8-4-5-13-10(12)15-8/h4-5,7H,6H2,1-3H3,(H,16,17)(H,13,14,15). The number of carboxylic acid groups (broad SMARTS) is 1. The maximum Gasteiger partial charge on any atom is 0.305 e. The minimum Gasteiger partial charge on any atom is -0.481 e. The smallest absolute Gasteiger partial charge is 0.305 e. The molecule has 1 atom stereocenters. The van der Waals surface area contributed by atoms with Crippen molar-refractivity contribution in [3.8, 4) is 0 Å². The molecule has 2 N–H and O–H groups in total. The molecule has 0 aliphatic heterocycles. The molecule has 5 nitrogen and oxygen atoms in total. The van der Waals surface area contributed by atoms with Gasteiger partial charge in [-0.3, -0.25) is 4.79 Å². The van der Waals surface area contributed by atoms with E-state index in [0.717, 1.165) is 0 Å². The molecule has 94 valence electrons. The molecule has 1 unspecified atom stereocenters. The topological polar surface area (TPSA) is 75.1 Å². The molecule has 0 bridgehead atoms. The molecule has 1 aromatic rings. The van der Waals surface area contributed by atoms with Gasteiger partial charge >= 0.3 is 5.97 Å². The summed E-state index contributed by atoms with van der Waals surface area (Å²) >= 11 is 5.67. The minimum absolute atomic E-state index is 0.0190. The molecule has 0 spiro atoms. The van der Waals surface area contributed by atoms with Gasteiger partial charge in [0, 0.05) is 12.2 Å². The van der Waals surface area contributed by atoms with Crippen LogP contribution in [0.25, 0.3) is 0 Å². The van der Waals surface area contributed by atoms with E-state index < -0.39 is 5.97 Å². The highest BCUT2D eigenvalue weighted by Crippen LogP contribution is 2.25. The monoisotopic (exact) mass is 257 g/mol. The van der Waals surface area contributed by atoms with Crippen molar-refractivity contribution >= 4 is 23.4 Å². The number of nitrogens with one attached hydrogen (secondary N) is 1. The SMILES string of the molecule is CC(C)(C)C(CC(=O)O)Nc1ccnc(Cl)n1. The van der Waals surface area contributed by atoms with E-state index in [2.05, 4.69) is 15.3 Å². The molecule has 0 aliphatic carbocycles. The molecule has 0 fully saturated rings. The first-order valence-corrected chi connectivity index (χ1v) is 5.63. The molecule has 0 aromatic carbocycles. The van der Waals surface area contributed by atoms with Crippen molar-refractivity contribution in [2.45, 2.75) is 33.2 Å². The van der Waals surface area contributed by atoms with E-state index >= 15 is 0 Å². The second-order valence-corrected chi connectivity index (χ2v) is 5.21. The maximum absolute atomic E-state index is 10.8. The summed E-state index contributed by atoms with van der Waals surface area (Å²) in [6.45, 7) is 5.91. The van der Waals surface area contributed by atoms with Gasteiger partial charge in [-0.2, -0.15) is 0 Å². The third-order valence-corrected chi connectivity index (χ3v) is 2.55. The van der Waals surface area contributed by atoms with Crippen molar-refractivity contribution in [2.24, 2.45) is 5.41 Å². The number of carboxylic acids is 1. The minimum atomic E-state index is -0.849. The van der Waals surface area contributed by atoms with Crippen molar-refractivity contribution in [2.75, 3.05) is 5.32 Å². The number of halogens is 1. The fourth-order valence-corrected chi connectivity index (χ4v) is 1.49. The van der Waals surface area contributed by atoms with Gasteiger partial charge in [0.15, 0.2) is 0 Å². The third-order valence-electron chi connectivity index (χ3n) is 2.37. The highest BCUT2D eigenvalue weighted by Gasteiger charge is 2.27. The Kier molecular flexibility index (Phi) is 4.28. The van der Waals surface area contributed by atoms with Crippen molar-refractivity contribution in [1.29, 1.82) is 0 Å². The van der Waals surface area contributed by atoms with Gasteiger partial charge < -0.3 is 10.4 Å². The lowest BCUT2D eigenvalue weighted by Gasteiger charge is -2.30. The molecule has 0 saturated heterocycles. The zero-order valence-electron chi connectivity index (χ0n) is 10.1. The van der Waals surface area contributed by atoms with E-state index in [9.17, 15) is 4.79 Å². The summed E-state index contributed by atoms with van der Waals surface area (Å²) < 4.78 is 0. The molecule has 6 heteroatoms. The Morgan fingerprint density at radius 3 is 2.71 bits per heavy atom. The first kappa shape index (κ1) is 13.7. The van der Waals surface area contributed by atoms with Gasteiger partial charge in [-0.25, -0.2) is 9.97 Å². The number of rotatable bonds is 4. The summed E-state index contributed by atoms with van der Waals surface area (Å²) in [6, 6.07) is 1.43. The maximum atomic E-state index is 10.8. The molecule has 0 amide bonds. The summed E-state index contributed by atoms with van der Waals surface area (Å²) in [7, 11) is 0. The molecule has 17 heavy (non-hydrogen) atoms. The number of carbonyl (C=O) groups is 1. The summed E-state index contributed by atoms with van der Waals surface area (Å²) in [5.41, 5.74) is -0.199. The highest BCUT2D eigenvalue weighted by molar-refractivity contribution is 6.28. The van der Waals surface area contributed by atoms with Crippen molar-refractivity contribution in [3.63, 3.8) is 0 Å². The number of hydrogen-bond acceptors (Lipinski definition) is 4. The van der Waals surface area contributed by atoms with E-state index in [0.29, 0.717) is 5.82 Å². The first-order chi connectivity index (χ1) is 7.79. The average molecular weight is 258 g/mol. The Morgan fingerprint density at radius 2 is 2.24 bits per heavy atom. The number of nitrogens with zero attached hydrogens (tertiary/aromatic N) is 2. The molecular weight excluding hydrogens is 242 g/mol. The van der Waals surface area contributed by atoms with Crippen LogP contribution < -0.4 is 5.32 Å². The third kappa shape index (κ3) is 4.56. The van der Waals surface area contributed by atoms with E-state index in [1.165, 1.54) is 6.20 Å². The second-order valence-electron chi connectivity index (χ2n) is 4.87. The van der Waals surface area contributed by atoms with Crippen LogP contribution in [0.5, 0.6) is 0 Å². The zero-order valence-corrected chi connectivity index (χ0v) is 10.8. The van der Waals surface area contributed by atoms with Crippen LogP contribution in [0.1, 0.15) is 27.2 Å². The predicted molar refractivity (Wildman–Crippen MR) is 66.2 cm³/mol. The molecule has 0 saturated carbocycles. The predicted octanol–water partition coefficient (Wildman–Crippen LogP) is 2.43. The van der Waals surface area contributed by atoms with Crippen LogP contribution in [-0.4, -0.2) is 27.1 Å². The lowest BCUT2D eigenvalue weighted by atomic mass is 9.85. The zero-order chi connectivity index (χ0) is 13.1. The number of anilines is 1. The van der Waals surface area contributed by atoms with Gasteiger partial charge in [0.2, 0.25) is 5.28 Å². The molecule has 1 heterocycles. The lowest BCUT2D eigenvalue weighted by molar-refractivity contribution is -0.137. The molecule has 1 rings (SSSR count). The Morgan fingerprint density at radius 1 is 1.59 bits per heavy atom. The Bertz CT molecular complexity index is 404. The Balaban J connectivity index is 2.83. The molecule has 1 aromatic heterocycles. The fraction of sp³-hybridized carbons (Fsp3) is 0.545. The van der Waals surface area contributed by atoms with Crippen LogP contribution in [-0.2, 0) is 4.79 Å². The van der Waals surface area contributed by atoms with Gasteiger partial charge in [-0.05, 0) is 23.1 Å². The van der Waals surface area contributed by atoms with Crippen LogP contribution >= 0.6 is 11.6 Å². The van der Waals surface area contributed by atoms with E-state index in [4.69, 9.17) is 16.7 Å². The van der Waals surface area contributed by atoms with Crippen molar-refractivity contribution in [1.82, 2.24) is 9.97 Å². The molecular formula is C11H16ClN3O2. The number of hydrogen-bond donors (Lipinski definition) is 2. The number of aromatic nitrogens is 2. The van der Waals surface area contributed by atoms with E-state index in [1.807, 2.05) is 20.8 Å². The van der Waals surface area contributed by atoms with Gasteiger partial charge in [0.1, 0.15) is 5.82 Å². The average Bonchev–Trinajstić information content (AvgIpc) is 2.14. The lowest BCUT2D eigenvalue weighted by Crippen LogP contribution is -2.36. The van der Waals surface area contributed by atoms with Gasteiger partial charge in [0.05, 0.1) is 6.42 Å². The highest BCUT2D eigenvalue weighted by atomic mass is 35.5. The second kappa shape index (κ2) is 5.31.